The van der Waals surface area contributed by atoms with Gasteiger partial charge < -0.3 is 10.2 Å². The van der Waals surface area contributed by atoms with Crippen LogP contribution in [0.25, 0.3) is 0 Å². The van der Waals surface area contributed by atoms with Gasteiger partial charge in [0.1, 0.15) is 0 Å². The highest BCUT2D eigenvalue weighted by Gasteiger charge is 2.21. The molecule has 0 aromatic carbocycles. The molecule has 2 rings (SSSR count). The molecule has 4 nitrogen and oxygen atoms in total. The third-order valence-electron chi connectivity index (χ3n) is 3.06. The quantitative estimate of drug-likeness (QED) is 0.801. The van der Waals surface area contributed by atoms with Gasteiger partial charge in [0.05, 0.1) is 5.69 Å². The summed E-state index contributed by atoms with van der Waals surface area (Å²) in [5, 5.41) is 3.43. The fourth-order valence-corrected chi connectivity index (χ4v) is 2.03. The summed E-state index contributed by atoms with van der Waals surface area (Å²) in [5.74, 6) is 0.866. The van der Waals surface area contributed by atoms with Gasteiger partial charge in [-0.1, -0.05) is 20.8 Å². The molecule has 1 fully saturated rings. The molecule has 1 aromatic heterocycles. The highest BCUT2D eigenvalue weighted by molar-refractivity contribution is 5.33. The zero-order valence-electron chi connectivity index (χ0n) is 11.2. The molecule has 1 N–H and O–H groups in total. The number of hydrogen-bond donors (Lipinski definition) is 1. The molecule has 0 spiro atoms. The van der Waals surface area contributed by atoms with Crippen molar-refractivity contribution in [1.29, 1.82) is 0 Å². The summed E-state index contributed by atoms with van der Waals surface area (Å²) in [6, 6.07) is 2.51. The first-order chi connectivity index (χ1) is 7.97. The van der Waals surface area contributed by atoms with E-state index in [0.717, 1.165) is 31.3 Å². The maximum atomic E-state index is 4.69. The molecule has 17 heavy (non-hydrogen) atoms. The second-order valence-corrected chi connectivity index (χ2v) is 5.79. The van der Waals surface area contributed by atoms with E-state index in [9.17, 15) is 0 Å². The summed E-state index contributed by atoms with van der Waals surface area (Å²) in [4.78, 5) is 11.3. The van der Waals surface area contributed by atoms with E-state index in [2.05, 4.69) is 47.9 Å². The van der Waals surface area contributed by atoms with Gasteiger partial charge in [-0.3, -0.25) is 0 Å². The van der Waals surface area contributed by atoms with E-state index in [1.54, 1.807) is 0 Å². The van der Waals surface area contributed by atoms with E-state index < -0.39 is 0 Å². The Morgan fingerprint density at radius 3 is 2.82 bits per heavy atom. The smallest absolute Gasteiger partial charge is 0.225 e. The van der Waals surface area contributed by atoms with Gasteiger partial charge >= 0.3 is 0 Å². The highest BCUT2D eigenvalue weighted by Crippen LogP contribution is 2.21. The summed E-state index contributed by atoms with van der Waals surface area (Å²) < 4.78 is 0. The zero-order chi connectivity index (χ0) is 12.5. The molecule has 0 amide bonds. The number of piperazine rings is 1. The fraction of sp³-hybridized carbons (Fsp3) is 0.692. The number of hydrogen-bond acceptors (Lipinski definition) is 4. The van der Waals surface area contributed by atoms with Crippen molar-refractivity contribution in [2.45, 2.75) is 39.2 Å². The Morgan fingerprint density at radius 1 is 1.41 bits per heavy atom. The molecule has 1 saturated heterocycles. The second-order valence-electron chi connectivity index (χ2n) is 5.79. The summed E-state index contributed by atoms with van der Waals surface area (Å²) in [6.07, 6.45) is 1.87. The summed E-state index contributed by atoms with van der Waals surface area (Å²) in [7, 11) is 0. The van der Waals surface area contributed by atoms with E-state index in [1.807, 2.05) is 12.3 Å². The average molecular weight is 234 g/mol. The Morgan fingerprint density at radius 2 is 2.18 bits per heavy atom. The van der Waals surface area contributed by atoms with E-state index >= 15 is 0 Å². The Labute approximate surface area is 103 Å². The largest absolute Gasteiger partial charge is 0.338 e. The summed E-state index contributed by atoms with van der Waals surface area (Å²) in [5.41, 5.74) is 1.19. The van der Waals surface area contributed by atoms with E-state index in [0.29, 0.717) is 6.04 Å². The molecule has 2 heterocycles. The van der Waals surface area contributed by atoms with Crippen molar-refractivity contribution in [3.63, 3.8) is 0 Å². The molecule has 1 aliphatic heterocycles. The maximum absolute atomic E-state index is 4.69. The van der Waals surface area contributed by atoms with Crippen LogP contribution in [0.15, 0.2) is 12.3 Å². The molecule has 0 radical (unpaired) electrons. The first-order valence-electron chi connectivity index (χ1n) is 6.28. The number of nitrogens with one attached hydrogen (secondary N) is 1. The maximum Gasteiger partial charge on any atom is 0.225 e. The van der Waals surface area contributed by atoms with Crippen LogP contribution in [0.1, 0.15) is 33.4 Å². The fourth-order valence-electron chi connectivity index (χ4n) is 2.03. The molecule has 1 unspecified atom stereocenters. The van der Waals surface area contributed by atoms with E-state index in [1.165, 1.54) is 0 Å². The number of aromatic nitrogens is 2. The lowest BCUT2D eigenvalue weighted by Crippen LogP contribution is -2.49. The predicted octanol–water partition coefficient (Wildman–Crippen LogP) is 1.57. The first kappa shape index (κ1) is 12.3. The number of anilines is 1. The van der Waals surface area contributed by atoms with Crippen LogP contribution < -0.4 is 10.2 Å². The van der Waals surface area contributed by atoms with Crippen molar-refractivity contribution in [2.75, 3.05) is 24.5 Å². The van der Waals surface area contributed by atoms with Crippen LogP contribution in [0.3, 0.4) is 0 Å². The van der Waals surface area contributed by atoms with Crippen molar-refractivity contribution >= 4 is 5.95 Å². The lowest BCUT2D eigenvalue weighted by molar-refractivity contribution is 0.477. The van der Waals surface area contributed by atoms with Gasteiger partial charge in [-0.2, -0.15) is 0 Å². The second kappa shape index (κ2) is 4.61. The van der Waals surface area contributed by atoms with Gasteiger partial charge in [0.2, 0.25) is 5.95 Å². The van der Waals surface area contributed by atoms with E-state index in [-0.39, 0.29) is 5.41 Å². The van der Waals surface area contributed by atoms with Crippen molar-refractivity contribution in [2.24, 2.45) is 0 Å². The van der Waals surface area contributed by atoms with Gasteiger partial charge in [0.25, 0.3) is 0 Å². The van der Waals surface area contributed by atoms with Gasteiger partial charge in [-0.25, -0.2) is 9.97 Å². The van der Waals surface area contributed by atoms with Crippen molar-refractivity contribution in [3.05, 3.63) is 18.0 Å². The average Bonchev–Trinajstić information content (AvgIpc) is 2.28. The third-order valence-corrected chi connectivity index (χ3v) is 3.06. The molecule has 0 saturated carbocycles. The van der Waals surface area contributed by atoms with Crippen LogP contribution in [-0.2, 0) is 5.41 Å². The van der Waals surface area contributed by atoms with Crippen LogP contribution in [-0.4, -0.2) is 35.6 Å². The van der Waals surface area contributed by atoms with Gasteiger partial charge in [-0.05, 0) is 13.0 Å². The monoisotopic (exact) mass is 234 g/mol. The van der Waals surface area contributed by atoms with Crippen LogP contribution >= 0.6 is 0 Å². The van der Waals surface area contributed by atoms with Gasteiger partial charge in [0, 0.05) is 37.3 Å². The van der Waals surface area contributed by atoms with Gasteiger partial charge in [0.15, 0.2) is 0 Å². The highest BCUT2D eigenvalue weighted by atomic mass is 15.3. The lowest BCUT2D eigenvalue weighted by Gasteiger charge is -2.32. The minimum absolute atomic E-state index is 0.0807. The molecular formula is C13H22N4. The molecule has 0 bridgehead atoms. The van der Waals surface area contributed by atoms with E-state index in [4.69, 9.17) is 0 Å². The number of nitrogens with zero attached hydrogens (tertiary/aromatic N) is 3. The minimum atomic E-state index is 0.0807. The number of rotatable bonds is 1. The molecule has 94 valence electrons. The molecule has 1 aromatic rings. The Hall–Kier alpha value is -1.16. The van der Waals surface area contributed by atoms with Crippen LogP contribution in [0.2, 0.25) is 0 Å². The molecule has 0 aliphatic carbocycles. The minimum Gasteiger partial charge on any atom is -0.338 e. The van der Waals surface area contributed by atoms with Gasteiger partial charge in [-0.15, -0.1) is 0 Å². The van der Waals surface area contributed by atoms with Crippen molar-refractivity contribution in [3.8, 4) is 0 Å². The Balaban J connectivity index is 2.21. The zero-order valence-corrected chi connectivity index (χ0v) is 11.2. The first-order valence-corrected chi connectivity index (χ1v) is 6.28. The Kier molecular flexibility index (Phi) is 3.33. The third kappa shape index (κ3) is 2.94. The molecule has 4 heteroatoms. The van der Waals surface area contributed by atoms with Crippen LogP contribution in [0, 0.1) is 0 Å². The predicted molar refractivity (Wildman–Crippen MR) is 70.4 cm³/mol. The summed E-state index contributed by atoms with van der Waals surface area (Å²) >= 11 is 0. The Bertz CT molecular complexity index is 383. The standard InChI is InChI=1S/C13H22N4/c1-10-9-17(8-7-14-10)12-15-6-5-11(16-12)13(2,3)4/h5-6,10,14H,7-9H2,1-4H3. The van der Waals surface area contributed by atoms with Crippen LogP contribution in [0.5, 0.6) is 0 Å². The van der Waals surface area contributed by atoms with Crippen molar-refractivity contribution in [1.82, 2.24) is 15.3 Å². The lowest BCUT2D eigenvalue weighted by atomic mass is 9.92. The van der Waals surface area contributed by atoms with Crippen LogP contribution in [0.4, 0.5) is 5.95 Å². The molecule has 1 aliphatic rings. The topological polar surface area (TPSA) is 41.1 Å². The summed E-state index contributed by atoms with van der Waals surface area (Å²) in [6.45, 7) is 11.7. The normalized spacial score (nSPS) is 21.6. The van der Waals surface area contributed by atoms with Crippen molar-refractivity contribution < 1.29 is 0 Å². The SMILES string of the molecule is CC1CN(c2nccc(C(C)(C)C)n2)CCN1. The molecular weight excluding hydrogens is 212 g/mol. The molecule has 1 atom stereocenters.